The summed E-state index contributed by atoms with van der Waals surface area (Å²) in [7, 11) is 1.98. The zero-order chi connectivity index (χ0) is 13.8. The lowest BCUT2D eigenvalue weighted by Crippen LogP contribution is -2.38. The van der Waals surface area contributed by atoms with E-state index in [0.717, 1.165) is 17.9 Å². The van der Waals surface area contributed by atoms with Gasteiger partial charge >= 0.3 is 0 Å². The maximum atomic E-state index is 14.0. The van der Waals surface area contributed by atoms with Gasteiger partial charge in [0, 0.05) is 6.04 Å². The van der Waals surface area contributed by atoms with Crippen LogP contribution in [-0.4, -0.2) is 13.1 Å². The van der Waals surface area contributed by atoms with Crippen LogP contribution in [0.25, 0.3) is 0 Å². The number of nitrogens with one attached hydrogen (secondary N) is 1. The second kappa shape index (κ2) is 6.71. The largest absolute Gasteiger partial charge is 0.316 e. The molecule has 3 unspecified atom stereocenters. The summed E-state index contributed by atoms with van der Waals surface area (Å²) in [5.74, 6) is 1.18. The van der Waals surface area contributed by atoms with Crippen molar-refractivity contribution in [2.24, 2.45) is 11.8 Å². The van der Waals surface area contributed by atoms with Crippen molar-refractivity contribution in [3.8, 4) is 0 Å². The number of hydrogen-bond donors (Lipinski definition) is 1. The molecule has 0 heterocycles. The van der Waals surface area contributed by atoms with Gasteiger partial charge in [-0.3, -0.25) is 0 Å². The number of halogens is 2. The standard InChI is InChI=1S/C16H23ClFN/c1-11-5-3-6-12(9-11)15(19-2)10-13-7-4-8-14(17)16(13)18/h4,7-8,11-12,15,19H,3,5-6,9-10H2,1-2H3. The van der Waals surface area contributed by atoms with E-state index in [9.17, 15) is 4.39 Å². The molecule has 0 spiro atoms. The molecule has 1 nitrogen and oxygen atoms in total. The van der Waals surface area contributed by atoms with Crippen LogP contribution >= 0.6 is 11.6 Å². The molecule has 0 aromatic heterocycles. The fourth-order valence-electron chi connectivity index (χ4n) is 3.29. The maximum Gasteiger partial charge on any atom is 0.145 e. The topological polar surface area (TPSA) is 12.0 Å². The van der Waals surface area contributed by atoms with E-state index in [1.54, 1.807) is 6.07 Å². The minimum absolute atomic E-state index is 0.226. The quantitative estimate of drug-likeness (QED) is 0.862. The highest BCUT2D eigenvalue weighted by Crippen LogP contribution is 2.32. The summed E-state index contributed by atoms with van der Waals surface area (Å²) in [4.78, 5) is 0. The first kappa shape index (κ1) is 14.8. The monoisotopic (exact) mass is 283 g/mol. The Balaban J connectivity index is 2.08. The van der Waals surface area contributed by atoms with Gasteiger partial charge in [0.25, 0.3) is 0 Å². The fraction of sp³-hybridized carbons (Fsp3) is 0.625. The molecule has 1 fully saturated rings. The Hall–Kier alpha value is -0.600. The molecule has 19 heavy (non-hydrogen) atoms. The Morgan fingerprint density at radius 1 is 1.42 bits per heavy atom. The normalized spacial score (nSPS) is 25.3. The highest BCUT2D eigenvalue weighted by atomic mass is 35.5. The van der Waals surface area contributed by atoms with Crippen molar-refractivity contribution in [2.45, 2.75) is 45.1 Å². The molecule has 2 rings (SSSR count). The van der Waals surface area contributed by atoms with Gasteiger partial charge in [-0.2, -0.15) is 0 Å². The summed E-state index contributed by atoms with van der Waals surface area (Å²) >= 11 is 5.85. The van der Waals surface area contributed by atoms with Gasteiger partial charge in [-0.05, 0) is 49.8 Å². The first-order chi connectivity index (χ1) is 9.11. The molecule has 3 atom stereocenters. The van der Waals surface area contributed by atoms with Gasteiger partial charge in [-0.25, -0.2) is 4.39 Å². The molecule has 3 heteroatoms. The molecule has 1 aromatic carbocycles. The predicted octanol–water partition coefficient (Wildman–Crippen LogP) is 4.44. The van der Waals surface area contributed by atoms with Crippen LogP contribution in [0.1, 0.15) is 38.2 Å². The molecular formula is C16H23ClFN. The van der Waals surface area contributed by atoms with Crippen LogP contribution in [0.3, 0.4) is 0 Å². The van der Waals surface area contributed by atoms with Gasteiger partial charge in [0.15, 0.2) is 0 Å². The Bertz CT molecular complexity index is 421. The van der Waals surface area contributed by atoms with E-state index in [-0.39, 0.29) is 10.8 Å². The Labute approximate surface area is 120 Å². The van der Waals surface area contributed by atoms with Crippen LogP contribution in [0.15, 0.2) is 18.2 Å². The number of benzene rings is 1. The molecule has 0 aliphatic heterocycles. The third-order valence-corrected chi connectivity index (χ3v) is 4.68. The zero-order valence-electron chi connectivity index (χ0n) is 11.8. The Morgan fingerprint density at radius 2 is 2.21 bits per heavy atom. The van der Waals surface area contributed by atoms with E-state index in [2.05, 4.69) is 12.2 Å². The van der Waals surface area contributed by atoms with E-state index < -0.39 is 0 Å². The SMILES string of the molecule is CNC(Cc1cccc(Cl)c1F)C1CCCC(C)C1. The van der Waals surface area contributed by atoms with Crippen molar-refractivity contribution in [3.63, 3.8) is 0 Å². The minimum Gasteiger partial charge on any atom is -0.316 e. The zero-order valence-corrected chi connectivity index (χ0v) is 12.5. The van der Waals surface area contributed by atoms with Crippen molar-refractivity contribution >= 4 is 11.6 Å². The molecule has 0 amide bonds. The minimum atomic E-state index is -0.256. The van der Waals surface area contributed by atoms with E-state index >= 15 is 0 Å². The molecule has 1 aliphatic rings. The molecule has 1 N–H and O–H groups in total. The summed E-state index contributed by atoms with van der Waals surface area (Å²) in [5, 5.41) is 3.60. The van der Waals surface area contributed by atoms with Gasteiger partial charge in [0.05, 0.1) is 5.02 Å². The molecule has 0 saturated heterocycles. The molecule has 1 aliphatic carbocycles. The van der Waals surface area contributed by atoms with Gasteiger partial charge in [-0.1, -0.05) is 43.5 Å². The Kier molecular flexibility index (Phi) is 5.23. The molecule has 1 saturated carbocycles. The average Bonchev–Trinajstić information content (AvgIpc) is 2.40. The van der Waals surface area contributed by atoms with Gasteiger partial charge in [0.2, 0.25) is 0 Å². The van der Waals surface area contributed by atoms with Crippen LogP contribution in [0.4, 0.5) is 4.39 Å². The molecular weight excluding hydrogens is 261 g/mol. The average molecular weight is 284 g/mol. The molecule has 1 aromatic rings. The maximum absolute atomic E-state index is 14.0. The third-order valence-electron chi connectivity index (χ3n) is 4.39. The summed E-state index contributed by atoms with van der Waals surface area (Å²) in [6.45, 7) is 2.32. The van der Waals surface area contributed by atoms with E-state index in [1.165, 1.54) is 25.7 Å². The number of likely N-dealkylation sites (N-methyl/N-ethyl adjacent to an activating group) is 1. The van der Waals surface area contributed by atoms with Gasteiger partial charge in [0.1, 0.15) is 5.82 Å². The lowest BCUT2D eigenvalue weighted by atomic mass is 9.77. The molecule has 106 valence electrons. The fourth-order valence-corrected chi connectivity index (χ4v) is 3.49. The van der Waals surface area contributed by atoms with E-state index in [4.69, 9.17) is 11.6 Å². The van der Waals surface area contributed by atoms with Crippen molar-refractivity contribution in [1.82, 2.24) is 5.32 Å². The van der Waals surface area contributed by atoms with Crippen molar-refractivity contribution in [3.05, 3.63) is 34.6 Å². The van der Waals surface area contributed by atoms with Crippen LogP contribution in [0.2, 0.25) is 5.02 Å². The highest BCUT2D eigenvalue weighted by molar-refractivity contribution is 6.30. The van der Waals surface area contributed by atoms with Crippen molar-refractivity contribution in [2.75, 3.05) is 7.05 Å². The van der Waals surface area contributed by atoms with Crippen molar-refractivity contribution < 1.29 is 4.39 Å². The van der Waals surface area contributed by atoms with Gasteiger partial charge in [-0.15, -0.1) is 0 Å². The second-order valence-corrected chi connectivity index (χ2v) is 6.25. The molecule has 0 radical (unpaired) electrons. The van der Waals surface area contributed by atoms with Gasteiger partial charge < -0.3 is 5.32 Å². The smallest absolute Gasteiger partial charge is 0.145 e. The summed E-state index contributed by atoms with van der Waals surface area (Å²) in [6, 6.07) is 5.63. The van der Waals surface area contributed by atoms with Crippen LogP contribution in [0, 0.1) is 17.7 Å². The van der Waals surface area contributed by atoms with Crippen molar-refractivity contribution in [1.29, 1.82) is 0 Å². The number of hydrogen-bond acceptors (Lipinski definition) is 1. The van der Waals surface area contributed by atoms with Crippen LogP contribution in [0.5, 0.6) is 0 Å². The summed E-state index contributed by atoms with van der Waals surface area (Å²) in [5.41, 5.74) is 0.727. The van der Waals surface area contributed by atoms with Crippen LogP contribution < -0.4 is 5.32 Å². The lowest BCUT2D eigenvalue weighted by molar-refractivity contribution is 0.226. The number of rotatable bonds is 4. The highest BCUT2D eigenvalue weighted by Gasteiger charge is 2.26. The van der Waals surface area contributed by atoms with Crippen LogP contribution in [-0.2, 0) is 6.42 Å². The Morgan fingerprint density at radius 3 is 2.89 bits per heavy atom. The lowest BCUT2D eigenvalue weighted by Gasteiger charge is -2.33. The third kappa shape index (κ3) is 3.70. The predicted molar refractivity (Wildman–Crippen MR) is 79.1 cm³/mol. The molecule has 0 bridgehead atoms. The first-order valence-electron chi connectivity index (χ1n) is 7.22. The summed E-state index contributed by atoms with van der Waals surface area (Å²) in [6.07, 6.45) is 5.84. The van der Waals surface area contributed by atoms with E-state index in [0.29, 0.717) is 12.0 Å². The summed E-state index contributed by atoms with van der Waals surface area (Å²) < 4.78 is 14.0. The van der Waals surface area contributed by atoms with E-state index in [1.807, 2.05) is 19.2 Å². The first-order valence-corrected chi connectivity index (χ1v) is 7.59. The second-order valence-electron chi connectivity index (χ2n) is 5.84.